The van der Waals surface area contributed by atoms with Crippen LogP contribution in [0, 0.1) is 22.7 Å². The summed E-state index contributed by atoms with van der Waals surface area (Å²) >= 11 is 0. The molecule has 1 unspecified atom stereocenters. The minimum atomic E-state index is -0.728. The number of benzene rings is 2. The van der Waals surface area contributed by atoms with Gasteiger partial charge in [0.2, 0.25) is 11.8 Å². The Hall–Kier alpha value is -3.68. The summed E-state index contributed by atoms with van der Waals surface area (Å²) in [6, 6.07) is 21.5. The number of rotatable bonds is 10. The van der Waals surface area contributed by atoms with Crippen LogP contribution in [0.15, 0.2) is 60.7 Å². The molecule has 2 N–H and O–H groups in total. The minimum Gasteiger partial charge on any atom is -0.340 e. The number of anilines is 1. The molecule has 0 heterocycles. The average Bonchev–Trinajstić information content (AvgIpc) is 2.75. The zero-order valence-corrected chi connectivity index (χ0v) is 16.0. The van der Waals surface area contributed by atoms with Crippen molar-refractivity contribution in [1.29, 1.82) is 10.5 Å². The van der Waals surface area contributed by atoms with Gasteiger partial charge in [-0.1, -0.05) is 48.5 Å². The van der Waals surface area contributed by atoms with Gasteiger partial charge in [-0.25, -0.2) is 0 Å². The van der Waals surface area contributed by atoms with E-state index in [-0.39, 0.29) is 44.3 Å². The molecule has 148 valence electrons. The van der Waals surface area contributed by atoms with E-state index in [2.05, 4.69) is 10.6 Å². The first-order valence-corrected chi connectivity index (χ1v) is 9.31. The van der Waals surface area contributed by atoms with Crippen LogP contribution in [0.2, 0.25) is 0 Å². The van der Waals surface area contributed by atoms with Gasteiger partial charge in [0.05, 0.1) is 31.5 Å². The highest BCUT2D eigenvalue weighted by atomic mass is 16.2. The summed E-state index contributed by atoms with van der Waals surface area (Å²) in [5.41, 5.74) is 1.39. The van der Waals surface area contributed by atoms with Crippen LogP contribution < -0.4 is 10.6 Å². The van der Waals surface area contributed by atoms with E-state index in [9.17, 15) is 9.59 Å². The van der Waals surface area contributed by atoms with Gasteiger partial charge in [-0.15, -0.1) is 0 Å². The number of amides is 2. The summed E-state index contributed by atoms with van der Waals surface area (Å²) in [7, 11) is 0. The molecular weight excluding hydrogens is 366 g/mol. The number of nitrogens with one attached hydrogen (secondary N) is 2. The maximum absolute atomic E-state index is 12.9. The summed E-state index contributed by atoms with van der Waals surface area (Å²) in [5.74, 6) is -0.542. The third-order valence-corrected chi connectivity index (χ3v) is 4.23. The molecule has 2 amide bonds. The second-order valence-electron chi connectivity index (χ2n) is 6.28. The topological polar surface area (TPSA) is 109 Å². The molecule has 0 aliphatic carbocycles. The molecule has 0 fully saturated rings. The smallest absolute Gasteiger partial charge is 0.246 e. The molecule has 29 heavy (non-hydrogen) atoms. The monoisotopic (exact) mass is 389 g/mol. The Kier molecular flexibility index (Phi) is 8.88. The van der Waals surface area contributed by atoms with E-state index < -0.39 is 6.04 Å². The van der Waals surface area contributed by atoms with Gasteiger partial charge in [0.15, 0.2) is 0 Å². The zero-order chi connectivity index (χ0) is 20.9. The van der Waals surface area contributed by atoms with Crippen molar-refractivity contribution in [2.45, 2.75) is 18.9 Å². The van der Waals surface area contributed by atoms with Crippen LogP contribution in [0.5, 0.6) is 0 Å². The zero-order valence-electron chi connectivity index (χ0n) is 16.0. The molecule has 0 aromatic heterocycles. The number of carbonyl (C=O) groups is 2. The molecule has 2 rings (SSSR count). The Morgan fingerprint density at radius 2 is 1.45 bits per heavy atom. The van der Waals surface area contributed by atoms with E-state index >= 15 is 0 Å². The molecule has 0 aliphatic heterocycles. The van der Waals surface area contributed by atoms with Gasteiger partial charge in [0, 0.05) is 18.8 Å². The fourth-order valence-electron chi connectivity index (χ4n) is 2.78. The van der Waals surface area contributed by atoms with Crippen LogP contribution in [0.1, 0.15) is 24.4 Å². The van der Waals surface area contributed by atoms with E-state index in [4.69, 9.17) is 10.5 Å². The number of hydrogen-bond donors (Lipinski definition) is 2. The lowest BCUT2D eigenvalue weighted by Gasteiger charge is -2.23. The quantitative estimate of drug-likeness (QED) is 0.649. The maximum Gasteiger partial charge on any atom is 0.246 e. The SMILES string of the molecule is N#CCCN(CCC#N)C(=O)CNC(C(=O)Nc1ccccc1)c1ccccc1. The maximum atomic E-state index is 12.9. The van der Waals surface area contributed by atoms with Crippen LogP contribution in [0.4, 0.5) is 5.69 Å². The highest BCUT2D eigenvalue weighted by molar-refractivity contribution is 5.95. The Morgan fingerprint density at radius 3 is 2.00 bits per heavy atom. The third kappa shape index (κ3) is 7.10. The number of nitriles is 2. The lowest BCUT2D eigenvalue weighted by Crippen LogP contribution is -2.42. The molecule has 2 aromatic rings. The highest BCUT2D eigenvalue weighted by Gasteiger charge is 2.22. The molecule has 1 atom stereocenters. The van der Waals surface area contributed by atoms with Crippen molar-refractivity contribution in [2.24, 2.45) is 0 Å². The number of para-hydroxylation sites is 1. The second kappa shape index (κ2) is 11.9. The summed E-state index contributed by atoms with van der Waals surface area (Å²) in [6.07, 6.45) is 0.377. The van der Waals surface area contributed by atoms with Gasteiger partial charge < -0.3 is 10.2 Å². The van der Waals surface area contributed by atoms with E-state index in [1.807, 2.05) is 60.7 Å². The van der Waals surface area contributed by atoms with Crippen LogP contribution in [0.3, 0.4) is 0 Å². The predicted octanol–water partition coefficient (Wildman–Crippen LogP) is 2.61. The van der Waals surface area contributed by atoms with Crippen molar-refractivity contribution >= 4 is 17.5 Å². The Balaban J connectivity index is 2.09. The van der Waals surface area contributed by atoms with Gasteiger partial charge in [0.1, 0.15) is 6.04 Å². The van der Waals surface area contributed by atoms with E-state index in [1.54, 1.807) is 12.1 Å². The van der Waals surface area contributed by atoms with Crippen LogP contribution >= 0.6 is 0 Å². The molecule has 7 heteroatoms. The van der Waals surface area contributed by atoms with Gasteiger partial charge in [-0.05, 0) is 17.7 Å². The van der Waals surface area contributed by atoms with Crippen molar-refractivity contribution in [2.75, 3.05) is 25.0 Å². The van der Waals surface area contributed by atoms with E-state index in [1.165, 1.54) is 4.90 Å². The Labute approximate surface area is 170 Å². The standard InChI is InChI=1S/C22H23N5O2/c23-13-7-15-27(16-8-14-24)20(28)17-25-21(18-9-3-1-4-10-18)22(29)26-19-11-5-2-6-12-19/h1-6,9-12,21,25H,7-8,15-17H2,(H,26,29). The molecule has 0 radical (unpaired) electrons. The fourth-order valence-corrected chi connectivity index (χ4v) is 2.78. The summed E-state index contributed by atoms with van der Waals surface area (Å²) in [6.45, 7) is 0.425. The van der Waals surface area contributed by atoms with Crippen LogP contribution in [-0.2, 0) is 9.59 Å². The number of nitrogens with zero attached hydrogens (tertiary/aromatic N) is 3. The molecule has 0 spiro atoms. The second-order valence-corrected chi connectivity index (χ2v) is 6.28. The van der Waals surface area contributed by atoms with Gasteiger partial charge in [0.25, 0.3) is 0 Å². The molecule has 0 saturated carbocycles. The first-order chi connectivity index (χ1) is 14.2. The first-order valence-electron chi connectivity index (χ1n) is 9.31. The molecule has 0 aliphatic rings. The number of hydrogen-bond acceptors (Lipinski definition) is 5. The van der Waals surface area contributed by atoms with Crippen molar-refractivity contribution < 1.29 is 9.59 Å². The lowest BCUT2D eigenvalue weighted by atomic mass is 10.1. The molecular formula is C22H23N5O2. The lowest BCUT2D eigenvalue weighted by molar-refractivity contribution is -0.130. The van der Waals surface area contributed by atoms with Crippen molar-refractivity contribution in [3.63, 3.8) is 0 Å². The highest BCUT2D eigenvalue weighted by Crippen LogP contribution is 2.16. The van der Waals surface area contributed by atoms with Crippen molar-refractivity contribution in [3.8, 4) is 12.1 Å². The fraction of sp³-hybridized carbons (Fsp3) is 0.273. The number of carbonyl (C=O) groups excluding carboxylic acids is 2. The minimum absolute atomic E-state index is 0.0847. The summed E-state index contributed by atoms with van der Waals surface area (Å²) in [5, 5.41) is 23.4. The largest absolute Gasteiger partial charge is 0.340 e. The van der Waals surface area contributed by atoms with Gasteiger partial charge in [-0.2, -0.15) is 10.5 Å². The predicted molar refractivity (Wildman–Crippen MR) is 109 cm³/mol. The van der Waals surface area contributed by atoms with Crippen LogP contribution in [0.25, 0.3) is 0 Å². The Morgan fingerprint density at radius 1 is 0.897 bits per heavy atom. The summed E-state index contributed by atoms with van der Waals surface area (Å²) in [4.78, 5) is 26.9. The van der Waals surface area contributed by atoms with Crippen LogP contribution in [-0.4, -0.2) is 36.3 Å². The molecule has 2 aromatic carbocycles. The third-order valence-electron chi connectivity index (χ3n) is 4.23. The molecule has 0 bridgehead atoms. The van der Waals surface area contributed by atoms with E-state index in [0.29, 0.717) is 5.69 Å². The first kappa shape index (κ1) is 21.6. The summed E-state index contributed by atoms with van der Waals surface area (Å²) < 4.78 is 0. The average molecular weight is 389 g/mol. The molecule has 7 nitrogen and oxygen atoms in total. The van der Waals surface area contributed by atoms with Gasteiger partial charge in [-0.3, -0.25) is 14.9 Å². The van der Waals surface area contributed by atoms with Crippen molar-refractivity contribution in [3.05, 3.63) is 66.2 Å². The normalized spacial score (nSPS) is 11.0. The Bertz CT molecular complexity index is 854. The molecule has 0 saturated heterocycles. The van der Waals surface area contributed by atoms with E-state index in [0.717, 1.165) is 5.56 Å². The van der Waals surface area contributed by atoms with Crippen molar-refractivity contribution in [1.82, 2.24) is 10.2 Å². The van der Waals surface area contributed by atoms with Gasteiger partial charge >= 0.3 is 0 Å².